The van der Waals surface area contributed by atoms with Crippen LogP contribution in [0.5, 0.6) is 0 Å². The zero-order chi connectivity index (χ0) is 12.3. The van der Waals surface area contributed by atoms with Gasteiger partial charge in [-0.2, -0.15) is 0 Å². The van der Waals surface area contributed by atoms with Gasteiger partial charge in [-0.15, -0.1) is 0 Å². The molecule has 1 rings (SSSR count). The minimum Gasteiger partial charge on any atom is -0.361 e. The van der Waals surface area contributed by atoms with Crippen molar-refractivity contribution in [1.29, 1.82) is 0 Å². The summed E-state index contributed by atoms with van der Waals surface area (Å²) in [6.45, 7) is 6.10. The third-order valence-electron chi connectivity index (χ3n) is 2.46. The molecule has 0 aromatic carbocycles. The molecule has 0 aliphatic heterocycles. The Labute approximate surface area is 95.6 Å². The van der Waals surface area contributed by atoms with Crippen molar-refractivity contribution in [1.82, 2.24) is 10.1 Å². The van der Waals surface area contributed by atoms with Crippen LogP contribution in [-0.4, -0.2) is 29.1 Å². The summed E-state index contributed by atoms with van der Waals surface area (Å²) < 4.78 is 4.93. The van der Waals surface area contributed by atoms with Crippen molar-refractivity contribution in [2.24, 2.45) is 11.7 Å². The van der Waals surface area contributed by atoms with E-state index in [1.165, 1.54) is 0 Å². The molecule has 0 spiro atoms. The molecular formula is C11H19N3O2. The second-order valence-electron chi connectivity index (χ2n) is 4.39. The molecule has 1 amide bonds. The van der Waals surface area contributed by atoms with E-state index >= 15 is 0 Å². The van der Waals surface area contributed by atoms with E-state index in [1.54, 1.807) is 11.9 Å². The van der Waals surface area contributed by atoms with Crippen LogP contribution in [0.3, 0.4) is 0 Å². The lowest BCUT2D eigenvalue weighted by Gasteiger charge is -2.22. The number of rotatable bonds is 4. The highest BCUT2D eigenvalue weighted by molar-refractivity contribution is 5.81. The Hall–Kier alpha value is -1.36. The van der Waals surface area contributed by atoms with Crippen molar-refractivity contribution in [3.8, 4) is 0 Å². The average molecular weight is 225 g/mol. The lowest BCUT2D eigenvalue weighted by atomic mass is 10.0. The van der Waals surface area contributed by atoms with Gasteiger partial charge in [-0.05, 0) is 12.8 Å². The molecule has 1 heterocycles. The summed E-state index contributed by atoms with van der Waals surface area (Å²) in [5.41, 5.74) is 6.52. The maximum absolute atomic E-state index is 11.8. The van der Waals surface area contributed by atoms with Crippen LogP contribution >= 0.6 is 0 Å². The van der Waals surface area contributed by atoms with Crippen LogP contribution in [-0.2, 0) is 11.3 Å². The van der Waals surface area contributed by atoms with Gasteiger partial charge < -0.3 is 15.2 Å². The number of hydrogen-bond acceptors (Lipinski definition) is 4. The molecule has 0 radical (unpaired) electrons. The van der Waals surface area contributed by atoms with E-state index in [9.17, 15) is 4.79 Å². The number of likely N-dealkylation sites (N-methyl/N-ethyl adjacent to an activating group) is 1. The first kappa shape index (κ1) is 12.7. The highest BCUT2D eigenvalue weighted by Gasteiger charge is 2.21. The standard InChI is InChI=1S/C11H19N3O2/c1-7(2)10(12)11(15)14(4)6-9-5-8(3)16-13-9/h5,7,10H,6,12H2,1-4H3/t10-/m1/s1. The first-order valence-corrected chi connectivity index (χ1v) is 5.34. The molecule has 0 aliphatic carbocycles. The van der Waals surface area contributed by atoms with Gasteiger partial charge in [0, 0.05) is 13.1 Å². The summed E-state index contributed by atoms with van der Waals surface area (Å²) in [5.74, 6) is 0.800. The number of carbonyl (C=O) groups is 1. The molecule has 1 aromatic rings. The van der Waals surface area contributed by atoms with Gasteiger partial charge in [-0.25, -0.2) is 0 Å². The topological polar surface area (TPSA) is 72.4 Å². The fourth-order valence-corrected chi connectivity index (χ4v) is 1.35. The third kappa shape index (κ3) is 3.06. The van der Waals surface area contributed by atoms with Gasteiger partial charge in [0.15, 0.2) is 0 Å². The van der Waals surface area contributed by atoms with E-state index in [0.717, 1.165) is 11.5 Å². The Morgan fingerprint density at radius 2 is 2.25 bits per heavy atom. The van der Waals surface area contributed by atoms with Gasteiger partial charge in [-0.1, -0.05) is 19.0 Å². The van der Waals surface area contributed by atoms with Crippen LogP contribution in [0, 0.1) is 12.8 Å². The Kier molecular flexibility index (Phi) is 4.06. The summed E-state index contributed by atoms with van der Waals surface area (Å²) in [5, 5.41) is 3.83. The number of nitrogens with zero attached hydrogens (tertiary/aromatic N) is 2. The van der Waals surface area contributed by atoms with Crippen LogP contribution in [0.4, 0.5) is 0 Å². The van der Waals surface area contributed by atoms with Gasteiger partial charge in [0.2, 0.25) is 5.91 Å². The quantitative estimate of drug-likeness (QED) is 0.827. The Balaban J connectivity index is 2.58. The van der Waals surface area contributed by atoms with E-state index < -0.39 is 6.04 Å². The summed E-state index contributed by atoms with van der Waals surface area (Å²) in [6, 6.07) is 1.35. The van der Waals surface area contributed by atoms with Gasteiger partial charge in [0.25, 0.3) is 0 Å². The van der Waals surface area contributed by atoms with Crippen molar-refractivity contribution >= 4 is 5.91 Å². The Bertz CT molecular complexity index is 360. The van der Waals surface area contributed by atoms with Crippen LogP contribution in [0.2, 0.25) is 0 Å². The molecule has 0 saturated carbocycles. The lowest BCUT2D eigenvalue weighted by molar-refractivity contribution is -0.132. The molecule has 2 N–H and O–H groups in total. The van der Waals surface area contributed by atoms with Gasteiger partial charge in [0.1, 0.15) is 11.5 Å². The van der Waals surface area contributed by atoms with E-state index in [-0.39, 0.29) is 11.8 Å². The van der Waals surface area contributed by atoms with E-state index in [2.05, 4.69) is 5.16 Å². The molecule has 0 fully saturated rings. The number of aromatic nitrogens is 1. The molecule has 5 nitrogen and oxygen atoms in total. The number of carbonyl (C=O) groups excluding carboxylic acids is 1. The maximum Gasteiger partial charge on any atom is 0.239 e. The normalized spacial score (nSPS) is 12.9. The van der Waals surface area contributed by atoms with Crippen molar-refractivity contribution in [2.45, 2.75) is 33.4 Å². The molecule has 0 saturated heterocycles. The van der Waals surface area contributed by atoms with Crippen LogP contribution in [0.1, 0.15) is 25.3 Å². The Morgan fingerprint density at radius 1 is 1.62 bits per heavy atom. The first-order chi connectivity index (χ1) is 7.41. The van der Waals surface area contributed by atoms with Crippen molar-refractivity contribution in [2.75, 3.05) is 7.05 Å². The van der Waals surface area contributed by atoms with E-state index in [0.29, 0.717) is 6.54 Å². The smallest absolute Gasteiger partial charge is 0.239 e. The van der Waals surface area contributed by atoms with Gasteiger partial charge in [0.05, 0.1) is 12.6 Å². The second-order valence-corrected chi connectivity index (χ2v) is 4.39. The molecule has 0 bridgehead atoms. The number of amides is 1. The summed E-state index contributed by atoms with van der Waals surface area (Å²) in [4.78, 5) is 13.4. The van der Waals surface area contributed by atoms with Crippen LogP contribution in [0.15, 0.2) is 10.6 Å². The van der Waals surface area contributed by atoms with E-state index in [4.69, 9.17) is 10.3 Å². The predicted molar refractivity (Wildman–Crippen MR) is 60.5 cm³/mol. The van der Waals surface area contributed by atoms with Crippen molar-refractivity contribution in [3.05, 3.63) is 17.5 Å². The minimum absolute atomic E-state index is 0.0735. The zero-order valence-electron chi connectivity index (χ0n) is 10.2. The Morgan fingerprint density at radius 3 is 2.69 bits per heavy atom. The van der Waals surface area contributed by atoms with Gasteiger partial charge >= 0.3 is 0 Å². The molecule has 5 heteroatoms. The van der Waals surface area contributed by atoms with Crippen molar-refractivity contribution in [3.63, 3.8) is 0 Å². The fourth-order valence-electron chi connectivity index (χ4n) is 1.35. The summed E-state index contributed by atoms with van der Waals surface area (Å²) in [6.07, 6.45) is 0. The molecule has 1 atom stereocenters. The molecule has 0 aliphatic rings. The first-order valence-electron chi connectivity index (χ1n) is 5.34. The molecule has 1 aromatic heterocycles. The third-order valence-corrected chi connectivity index (χ3v) is 2.46. The molecule has 0 unspecified atom stereocenters. The monoisotopic (exact) mass is 225 g/mol. The summed E-state index contributed by atoms with van der Waals surface area (Å²) >= 11 is 0. The number of nitrogens with two attached hydrogens (primary N) is 1. The van der Waals surface area contributed by atoms with Crippen molar-refractivity contribution < 1.29 is 9.32 Å². The SMILES string of the molecule is Cc1cc(CN(C)C(=O)[C@H](N)C(C)C)no1. The number of hydrogen-bond donors (Lipinski definition) is 1. The predicted octanol–water partition coefficient (Wildman–Crippen LogP) is 0.925. The maximum atomic E-state index is 11.8. The van der Waals surface area contributed by atoms with Crippen LogP contribution in [0.25, 0.3) is 0 Å². The van der Waals surface area contributed by atoms with Gasteiger partial charge in [-0.3, -0.25) is 4.79 Å². The zero-order valence-corrected chi connectivity index (χ0v) is 10.2. The molecule has 16 heavy (non-hydrogen) atoms. The molecule has 90 valence electrons. The van der Waals surface area contributed by atoms with E-state index in [1.807, 2.05) is 26.8 Å². The minimum atomic E-state index is -0.460. The second kappa shape index (κ2) is 5.12. The number of aryl methyl sites for hydroxylation is 1. The largest absolute Gasteiger partial charge is 0.361 e. The average Bonchev–Trinajstić information content (AvgIpc) is 2.61. The highest BCUT2D eigenvalue weighted by atomic mass is 16.5. The molecular weight excluding hydrogens is 206 g/mol. The fraction of sp³-hybridized carbons (Fsp3) is 0.636. The van der Waals surface area contributed by atoms with Crippen LogP contribution < -0.4 is 5.73 Å². The highest BCUT2D eigenvalue weighted by Crippen LogP contribution is 2.07. The summed E-state index contributed by atoms with van der Waals surface area (Å²) in [7, 11) is 1.72. The lowest BCUT2D eigenvalue weighted by Crippen LogP contribution is -2.44.